The SMILES string of the molecule is C[C@@H]1[C@@H](CC(=O)O)N(c2ccccc2)CCN1C(=O)c1ccccc1. The second-order valence-corrected chi connectivity index (χ2v) is 6.30. The second kappa shape index (κ2) is 7.38. The Bertz CT molecular complexity index is 733. The molecule has 3 rings (SSSR count). The van der Waals surface area contributed by atoms with Gasteiger partial charge in [-0.25, -0.2) is 0 Å². The first kappa shape index (κ1) is 17.0. The van der Waals surface area contributed by atoms with Crippen LogP contribution in [0.5, 0.6) is 0 Å². The minimum absolute atomic E-state index is 0.00533. The number of para-hydroxylation sites is 1. The van der Waals surface area contributed by atoms with Crippen molar-refractivity contribution in [2.45, 2.75) is 25.4 Å². The van der Waals surface area contributed by atoms with E-state index in [0.717, 1.165) is 5.69 Å². The molecular formula is C20H22N2O3. The summed E-state index contributed by atoms with van der Waals surface area (Å²) in [7, 11) is 0. The maximum Gasteiger partial charge on any atom is 0.305 e. The summed E-state index contributed by atoms with van der Waals surface area (Å²) in [6.07, 6.45) is -0.00533. The molecule has 0 radical (unpaired) electrons. The number of hydrogen-bond donors (Lipinski definition) is 1. The normalized spacial score (nSPS) is 20.4. The number of benzene rings is 2. The van der Waals surface area contributed by atoms with Crippen LogP contribution in [-0.2, 0) is 4.79 Å². The van der Waals surface area contributed by atoms with Crippen LogP contribution in [0, 0.1) is 0 Å². The predicted molar refractivity (Wildman–Crippen MR) is 96.8 cm³/mol. The molecule has 2 atom stereocenters. The van der Waals surface area contributed by atoms with Gasteiger partial charge in [0.15, 0.2) is 0 Å². The van der Waals surface area contributed by atoms with Gasteiger partial charge in [0.1, 0.15) is 0 Å². The number of amides is 1. The van der Waals surface area contributed by atoms with Gasteiger partial charge in [-0.1, -0.05) is 36.4 Å². The molecule has 0 spiro atoms. The van der Waals surface area contributed by atoms with Crippen molar-refractivity contribution < 1.29 is 14.7 Å². The number of aliphatic carboxylic acids is 1. The van der Waals surface area contributed by atoms with Gasteiger partial charge in [0, 0.05) is 24.3 Å². The number of carboxylic acids is 1. The summed E-state index contributed by atoms with van der Waals surface area (Å²) in [4.78, 5) is 28.1. The summed E-state index contributed by atoms with van der Waals surface area (Å²) in [6.45, 7) is 3.12. The van der Waals surface area contributed by atoms with Crippen LogP contribution in [0.25, 0.3) is 0 Å². The van der Waals surface area contributed by atoms with Gasteiger partial charge in [-0.3, -0.25) is 9.59 Å². The van der Waals surface area contributed by atoms with Gasteiger partial charge in [0.2, 0.25) is 0 Å². The van der Waals surface area contributed by atoms with Crippen molar-refractivity contribution in [3.8, 4) is 0 Å². The number of rotatable bonds is 4. The molecule has 5 nitrogen and oxygen atoms in total. The van der Waals surface area contributed by atoms with Gasteiger partial charge in [-0.2, -0.15) is 0 Å². The maximum absolute atomic E-state index is 12.8. The van der Waals surface area contributed by atoms with Crippen LogP contribution < -0.4 is 4.90 Å². The zero-order valence-electron chi connectivity index (χ0n) is 14.2. The predicted octanol–water partition coefficient (Wildman–Crippen LogP) is 2.88. The molecule has 1 N–H and O–H groups in total. The number of piperazine rings is 1. The van der Waals surface area contributed by atoms with Crippen molar-refractivity contribution >= 4 is 17.6 Å². The molecule has 5 heteroatoms. The van der Waals surface area contributed by atoms with E-state index in [4.69, 9.17) is 0 Å². The molecular weight excluding hydrogens is 316 g/mol. The molecule has 0 aromatic heterocycles. The molecule has 2 aromatic rings. The number of nitrogens with zero attached hydrogens (tertiary/aromatic N) is 2. The Morgan fingerprint density at radius 3 is 2.20 bits per heavy atom. The monoisotopic (exact) mass is 338 g/mol. The van der Waals surface area contributed by atoms with E-state index in [9.17, 15) is 14.7 Å². The standard InChI is InChI=1S/C20H22N2O3/c1-15-18(14-19(23)24)22(17-10-6-3-7-11-17)13-12-21(15)20(25)16-8-4-2-5-9-16/h2-11,15,18H,12-14H2,1H3,(H,23,24)/t15-,18-/m1/s1. The van der Waals surface area contributed by atoms with Crippen LogP contribution >= 0.6 is 0 Å². The molecule has 1 amide bonds. The summed E-state index contributed by atoms with van der Waals surface area (Å²) in [6, 6.07) is 18.5. The molecule has 1 aliphatic rings. The average molecular weight is 338 g/mol. The summed E-state index contributed by atoms with van der Waals surface area (Å²) >= 11 is 0. The zero-order valence-corrected chi connectivity index (χ0v) is 14.2. The highest BCUT2D eigenvalue weighted by molar-refractivity contribution is 5.94. The molecule has 0 aliphatic carbocycles. The van der Waals surface area contributed by atoms with Gasteiger partial charge < -0.3 is 14.9 Å². The van der Waals surface area contributed by atoms with Crippen molar-refractivity contribution in [1.82, 2.24) is 4.90 Å². The number of carbonyl (C=O) groups is 2. The summed E-state index contributed by atoms with van der Waals surface area (Å²) in [5.74, 6) is -0.900. The third-order valence-electron chi connectivity index (χ3n) is 4.78. The maximum atomic E-state index is 12.8. The molecule has 130 valence electrons. The smallest absolute Gasteiger partial charge is 0.305 e. The summed E-state index contributed by atoms with van der Waals surface area (Å²) in [5, 5.41) is 9.36. The largest absolute Gasteiger partial charge is 0.481 e. The van der Waals surface area contributed by atoms with Gasteiger partial charge in [0.05, 0.1) is 18.5 Å². The van der Waals surface area contributed by atoms with Crippen LogP contribution in [0.1, 0.15) is 23.7 Å². The lowest BCUT2D eigenvalue weighted by atomic mass is 9.97. The van der Waals surface area contributed by atoms with E-state index in [1.807, 2.05) is 55.5 Å². The van der Waals surface area contributed by atoms with Crippen LogP contribution in [-0.4, -0.2) is 47.1 Å². The molecule has 2 aromatic carbocycles. The Labute approximate surface area is 147 Å². The van der Waals surface area contributed by atoms with Crippen LogP contribution in [0.2, 0.25) is 0 Å². The Hall–Kier alpha value is -2.82. The highest BCUT2D eigenvalue weighted by atomic mass is 16.4. The number of anilines is 1. The Balaban J connectivity index is 1.86. The van der Waals surface area contributed by atoms with E-state index < -0.39 is 5.97 Å². The quantitative estimate of drug-likeness (QED) is 0.931. The average Bonchev–Trinajstić information content (AvgIpc) is 2.64. The van der Waals surface area contributed by atoms with Crippen LogP contribution in [0.4, 0.5) is 5.69 Å². The fourth-order valence-corrected chi connectivity index (χ4v) is 3.49. The summed E-state index contributed by atoms with van der Waals surface area (Å²) in [5.41, 5.74) is 1.63. The molecule has 0 bridgehead atoms. The lowest BCUT2D eigenvalue weighted by Gasteiger charge is -2.47. The second-order valence-electron chi connectivity index (χ2n) is 6.30. The van der Waals surface area contributed by atoms with Crippen molar-refractivity contribution in [2.75, 3.05) is 18.0 Å². The third kappa shape index (κ3) is 3.65. The highest BCUT2D eigenvalue weighted by Gasteiger charge is 2.37. The Morgan fingerprint density at radius 2 is 1.60 bits per heavy atom. The zero-order chi connectivity index (χ0) is 17.8. The first-order valence-electron chi connectivity index (χ1n) is 8.47. The van der Waals surface area contributed by atoms with E-state index >= 15 is 0 Å². The number of hydrogen-bond acceptors (Lipinski definition) is 3. The first-order valence-corrected chi connectivity index (χ1v) is 8.47. The Morgan fingerprint density at radius 1 is 1.00 bits per heavy atom. The van der Waals surface area contributed by atoms with Crippen LogP contribution in [0.15, 0.2) is 60.7 Å². The fraction of sp³-hybridized carbons (Fsp3) is 0.300. The highest BCUT2D eigenvalue weighted by Crippen LogP contribution is 2.27. The first-order chi connectivity index (χ1) is 12.1. The molecule has 1 aliphatic heterocycles. The van der Waals surface area contributed by atoms with Crippen molar-refractivity contribution in [3.05, 3.63) is 66.2 Å². The molecule has 25 heavy (non-hydrogen) atoms. The fourth-order valence-electron chi connectivity index (χ4n) is 3.49. The van der Waals surface area contributed by atoms with Gasteiger partial charge in [0.25, 0.3) is 5.91 Å². The number of carboxylic acid groups (broad SMARTS) is 1. The van der Waals surface area contributed by atoms with Crippen molar-refractivity contribution in [2.24, 2.45) is 0 Å². The van der Waals surface area contributed by atoms with Gasteiger partial charge in [-0.15, -0.1) is 0 Å². The van der Waals surface area contributed by atoms with Crippen molar-refractivity contribution in [1.29, 1.82) is 0 Å². The van der Waals surface area contributed by atoms with E-state index in [0.29, 0.717) is 18.7 Å². The van der Waals surface area contributed by atoms with E-state index in [1.165, 1.54) is 0 Å². The van der Waals surface area contributed by atoms with Crippen LogP contribution in [0.3, 0.4) is 0 Å². The molecule has 1 fully saturated rings. The number of carbonyl (C=O) groups excluding carboxylic acids is 1. The topological polar surface area (TPSA) is 60.9 Å². The van der Waals surface area contributed by atoms with E-state index in [1.54, 1.807) is 17.0 Å². The van der Waals surface area contributed by atoms with Gasteiger partial charge >= 0.3 is 5.97 Å². The lowest BCUT2D eigenvalue weighted by molar-refractivity contribution is -0.137. The molecule has 1 heterocycles. The third-order valence-corrected chi connectivity index (χ3v) is 4.78. The molecule has 0 saturated carbocycles. The summed E-state index contributed by atoms with van der Waals surface area (Å²) < 4.78 is 0. The minimum Gasteiger partial charge on any atom is -0.481 e. The molecule has 1 saturated heterocycles. The van der Waals surface area contributed by atoms with Crippen molar-refractivity contribution in [3.63, 3.8) is 0 Å². The van der Waals surface area contributed by atoms with E-state index in [-0.39, 0.29) is 24.4 Å². The van der Waals surface area contributed by atoms with E-state index in [2.05, 4.69) is 4.90 Å². The van der Waals surface area contributed by atoms with Gasteiger partial charge in [-0.05, 0) is 31.2 Å². The Kier molecular flexibility index (Phi) is 5.03. The minimum atomic E-state index is -0.855. The molecule has 0 unspecified atom stereocenters. The lowest BCUT2D eigenvalue weighted by Crippen LogP contribution is -2.60.